The molecular weight excluding hydrogens is 366 g/mol. The SMILES string of the molecule is COc1ccc2cc([C@H](C)C(=O)N(Cc3ccco3)Cc3ccco3)ccc2c1. The standard InChI is InChI=1S/C24H23NO4/c1-17(18-7-8-20-14-21(27-2)10-9-19(20)13-18)24(26)25(15-22-5-3-11-28-22)16-23-6-4-12-29-23/h3-14,17H,15-16H2,1-2H3/t17-/m0/s1. The van der Waals surface area contributed by atoms with E-state index in [0.29, 0.717) is 13.1 Å². The third kappa shape index (κ3) is 4.19. The van der Waals surface area contributed by atoms with Gasteiger partial charge in [0.2, 0.25) is 5.91 Å². The van der Waals surface area contributed by atoms with E-state index in [0.717, 1.165) is 33.6 Å². The average Bonchev–Trinajstić information content (AvgIpc) is 3.45. The zero-order chi connectivity index (χ0) is 20.2. The van der Waals surface area contributed by atoms with Crippen LogP contribution >= 0.6 is 0 Å². The molecule has 0 aliphatic carbocycles. The van der Waals surface area contributed by atoms with Gasteiger partial charge in [-0.15, -0.1) is 0 Å². The Kier molecular flexibility index (Phi) is 5.38. The molecule has 1 atom stereocenters. The molecule has 0 spiro atoms. The Morgan fingerprint density at radius 2 is 1.55 bits per heavy atom. The van der Waals surface area contributed by atoms with Gasteiger partial charge in [0, 0.05) is 0 Å². The first-order valence-corrected chi connectivity index (χ1v) is 9.55. The predicted molar refractivity (Wildman–Crippen MR) is 111 cm³/mol. The Morgan fingerprint density at radius 1 is 0.931 bits per heavy atom. The third-order valence-corrected chi connectivity index (χ3v) is 5.11. The molecule has 148 valence electrons. The van der Waals surface area contributed by atoms with Crippen molar-refractivity contribution in [2.24, 2.45) is 0 Å². The van der Waals surface area contributed by atoms with Gasteiger partial charge < -0.3 is 18.5 Å². The summed E-state index contributed by atoms with van der Waals surface area (Å²) >= 11 is 0. The molecule has 0 aliphatic heterocycles. The second-order valence-electron chi connectivity index (χ2n) is 7.05. The van der Waals surface area contributed by atoms with Crippen molar-refractivity contribution in [1.82, 2.24) is 4.90 Å². The van der Waals surface area contributed by atoms with E-state index in [-0.39, 0.29) is 11.8 Å². The zero-order valence-corrected chi connectivity index (χ0v) is 16.5. The van der Waals surface area contributed by atoms with Crippen molar-refractivity contribution in [3.63, 3.8) is 0 Å². The van der Waals surface area contributed by atoms with Crippen LogP contribution < -0.4 is 4.74 Å². The molecule has 0 saturated heterocycles. The van der Waals surface area contributed by atoms with Gasteiger partial charge in [-0.3, -0.25) is 4.79 Å². The van der Waals surface area contributed by atoms with Gasteiger partial charge >= 0.3 is 0 Å². The van der Waals surface area contributed by atoms with E-state index in [1.165, 1.54) is 0 Å². The fourth-order valence-electron chi connectivity index (χ4n) is 3.45. The second kappa shape index (κ2) is 8.27. The molecule has 4 rings (SSSR count). The van der Waals surface area contributed by atoms with Gasteiger partial charge in [-0.05, 0) is 59.7 Å². The van der Waals surface area contributed by atoms with Crippen molar-refractivity contribution in [2.75, 3.05) is 7.11 Å². The minimum atomic E-state index is -0.300. The van der Waals surface area contributed by atoms with E-state index in [2.05, 4.69) is 6.07 Å². The van der Waals surface area contributed by atoms with Crippen LogP contribution in [0.25, 0.3) is 10.8 Å². The predicted octanol–water partition coefficient (Wildman–Crippen LogP) is 5.37. The number of methoxy groups -OCH3 is 1. The van der Waals surface area contributed by atoms with Crippen LogP contribution in [-0.4, -0.2) is 17.9 Å². The molecule has 4 aromatic rings. The van der Waals surface area contributed by atoms with Crippen LogP contribution in [-0.2, 0) is 17.9 Å². The molecule has 2 heterocycles. The maximum atomic E-state index is 13.4. The first-order chi connectivity index (χ1) is 14.1. The smallest absolute Gasteiger partial charge is 0.230 e. The number of ether oxygens (including phenoxy) is 1. The first kappa shape index (κ1) is 18.9. The maximum absolute atomic E-state index is 13.4. The average molecular weight is 389 g/mol. The lowest BCUT2D eigenvalue weighted by Crippen LogP contribution is -2.33. The van der Waals surface area contributed by atoms with Gasteiger partial charge in [-0.2, -0.15) is 0 Å². The number of hydrogen-bond acceptors (Lipinski definition) is 4. The lowest BCUT2D eigenvalue weighted by Gasteiger charge is -2.24. The van der Waals surface area contributed by atoms with Gasteiger partial charge in [-0.1, -0.05) is 24.3 Å². The molecule has 0 unspecified atom stereocenters. The molecule has 1 amide bonds. The molecule has 0 N–H and O–H groups in total. The maximum Gasteiger partial charge on any atom is 0.230 e. The van der Waals surface area contributed by atoms with Crippen LogP contribution in [0.5, 0.6) is 5.75 Å². The Bertz CT molecular complexity index is 1050. The highest BCUT2D eigenvalue weighted by atomic mass is 16.5. The van der Waals surface area contributed by atoms with Crippen LogP contribution in [0.4, 0.5) is 0 Å². The summed E-state index contributed by atoms with van der Waals surface area (Å²) in [5, 5.41) is 2.15. The fourth-order valence-corrected chi connectivity index (χ4v) is 3.45. The van der Waals surface area contributed by atoms with Crippen molar-refractivity contribution >= 4 is 16.7 Å². The van der Waals surface area contributed by atoms with Crippen molar-refractivity contribution < 1.29 is 18.4 Å². The molecule has 0 saturated carbocycles. The monoisotopic (exact) mass is 389 g/mol. The largest absolute Gasteiger partial charge is 0.497 e. The summed E-state index contributed by atoms with van der Waals surface area (Å²) in [4.78, 5) is 15.1. The van der Waals surface area contributed by atoms with Crippen LogP contribution in [0.3, 0.4) is 0 Å². The number of furan rings is 2. The summed E-state index contributed by atoms with van der Waals surface area (Å²) in [6, 6.07) is 19.4. The van der Waals surface area contributed by atoms with Gasteiger partial charge in [0.05, 0.1) is 38.6 Å². The Balaban J connectivity index is 1.59. The Hall–Kier alpha value is -3.47. The second-order valence-corrected chi connectivity index (χ2v) is 7.05. The molecule has 0 bridgehead atoms. The number of amides is 1. The van der Waals surface area contributed by atoms with E-state index in [4.69, 9.17) is 13.6 Å². The molecule has 0 aliphatic rings. The molecular formula is C24H23NO4. The van der Waals surface area contributed by atoms with E-state index >= 15 is 0 Å². The van der Waals surface area contributed by atoms with Crippen molar-refractivity contribution in [3.05, 3.63) is 90.3 Å². The quantitative estimate of drug-likeness (QED) is 0.427. The highest BCUT2D eigenvalue weighted by molar-refractivity contribution is 5.88. The van der Waals surface area contributed by atoms with Crippen molar-refractivity contribution in [1.29, 1.82) is 0 Å². The summed E-state index contributed by atoms with van der Waals surface area (Å²) in [7, 11) is 1.66. The van der Waals surface area contributed by atoms with Crippen molar-refractivity contribution in [3.8, 4) is 5.75 Å². The van der Waals surface area contributed by atoms with E-state index in [1.54, 1.807) is 24.5 Å². The van der Waals surface area contributed by atoms with Gasteiger partial charge in [0.25, 0.3) is 0 Å². The number of rotatable bonds is 7. The van der Waals surface area contributed by atoms with Crippen molar-refractivity contribution in [2.45, 2.75) is 25.9 Å². The number of hydrogen-bond donors (Lipinski definition) is 0. The number of benzene rings is 2. The minimum Gasteiger partial charge on any atom is -0.497 e. The highest BCUT2D eigenvalue weighted by Gasteiger charge is 2.24. The normalized spacial score (nSPS) is 12.1. The number of fused-ring (bicyclic) bond motifs is 1. The van der Waals surface area contributed by atoms with Crippen LogP contribution in [0.1, 0.15) is 29.9 Å². The summed E-state index contributed by atoms with van der Waals surface area (Å²) in [6.07, 6.45) is 3.23. The Labute approximate surface area is 169 Å². The number of nitrogens with zero attached hydrogens (tertiary/aromatic N) is 1. The van der Waals surface area contributed by atoms with E-state index < -0.39 is 0 Å². The molecule has 2 aromatic heterocycles. The zero-order valence-electron chi connectivity index (χ0n) is 16.5. The lowest BCUT2D eigenvalue weighted by molar-refractivity contribution is -0.134. The molecule has 2 aromatic carbocycles. The van der Waals surface area contributed by atoms with Crippen LogP contribution in [0.15, 0.2) is 82.0 Å². The summed E-state index contributed by atoms with van der Waals surface area (Å²) in [5.74, 6) is 2.01. The number of carbonyl (C=O) groups excluding carboxylic acids is 1. The number of carbonyl (C=O) groups is 1. The van der Waals surface area contributed by atoms with E-state index in [1.807, 2.05) is 61.5 Å². The molecule has 29 heavy (non-hydrogen) atoms. The Morgan fingerprint density at radius 3 is 2.14 bits per heavy atom. The molecule has 0 fully saturated rings. The van der Waals surface area contributed by atoms with Crippen LogP contribution in [0, 0.1) is 0 Å². The first-order valence-electron chi connectivity index (χ1n) is 9.55. The minimum absolute atomic E-state index is 0.0191. The fraction of sp³-hybridized carbons (Fsp3) is 0.208. The molecule has 5 nitrogen and oxygen atoms in total. The third-order valence-electron chi connectivity index (χ3n) is 5.11. The van der Waals surface area contributed by atoms with Gasteiger partial charge in [0.15, 0.2) is 0 Å². The van der Waals surface area contributed by atoms with E-state index in [9.17, 15) is 4.79 Å². The molecule has 5 heteroatoms. The highest BCUT2D eigenvalue weighted by Crippen LogP contribution is 2.27. The summed E-state index contributed by atoms with van der Waals surface area (Å²) < 4.78 is 16.2. The topological polar surface area (TPSA) is 55.8 Å². The van der Waals surface area contributed by atoms with Crippen LogP contribution in [0.2, 0.25) is 0 Å². The molecule has 0 radical (unpaired) electrons. The summed E-state index contributed by atoms with van der Waals surface area (Å²) in [5.41, 5.74) is 0.969. The summed E-state index contributed by atoms with van der Waals surface area (Å²) in [6.45, 7) is 2.72. The lowest BCUT2D eigenvalue weighted by atomic mass is 9.96. The van der Waals surface area contributed by atoms with Gasteiger partial charge in [0.1, 0.15) is 17.3 Å². The van der Waals surface area contributed by atoms with Gasteiger partial charge in [-0.25, -0.2) is 0 Å².